The third-order valence-corrected chi connectivity index (χ3v) is 4.98. The van der Waals surface area contributed by atoms with Gasteiger partial charge in [-0.2, -0.15) is 0 Å². The van der Waals surface area contributed by atoms with Crippen molar-refractivity contribution in [3.05, 3.63) is 48.0 Å². The number of benzene rings is 2. The summed E-state index contributed by atoms with van der Waals surface area (Å²) < 4.78 is 22.8. The van der Waals surface area contributed by atoms with Gasteiger partial charge in [0.25, 0.3) is 0 Å². The van der Waals surface area contributed by atoms with E-state index < -0.39 is 10.8 Å². The smallest absolute Gasteiger partial charge is 0.193 e. The molecule has 1 aliphatic heterocycles. The van der Waals surface area contributed by atoms with Crippen LogP contribution in [0.4, 0.5) is 5.69 Å². The van der Waals surface area contributed by atoms with Gasteiger partial charge in [0.1, 0.15) is 0 Å². The predicted octanol–water partition coefficient (Wildman–Crippen LogP) is 3.07. The molecule has 2 aromatic rings. The Morgan fingerprint density at radius 3 is 2.54 bits per heavy atom. The fourth-order valence-corrected chi connectivity index (χ4v) is 3.16. The molecule has 2 aromatic carbocycles. The van der Waals surface area contributed by atoms with E-state index in [0.717, 1.165) is 28.3 Å². The van der Waals surface area contributed by atoms with Gasteiger partial charge in [0, 0.05) is 40.1 Å². The lowest BCUT2D eigenvalue weighted by Crippen LogP contribution is -2.23. The van der Waals surface area contributed by atoms with Crippen molar-refractivity contribution in [1.29, 1.82) is 0 Å². The third kappa shape index (κ3) is 4.54. The molecular formula is C19H23N3O3S. The van der Waals surface area contributed by atoms with E-state index in [2.05, 4.69) is 10.3 Å². The summed E-state index contributed by atoms with van der Waals surface area (Å²) in [5, 5.41) is 3.09. The van der Waals surface area contributed by atoms with E-state index in [1.165, 1.54) is 0 Å². The van der Waals surface area contributed by atoms with Crippen LogP contribution in [0.5, 0.6) is 11.5 Å². The summed E-state index contributed by atoms with van der Waals surface area (Å²) in [6.07, 6.45) is 2.52. The molecule has 138 valence electrons. The zero-order valence-electron chi connectivity index (χ0n) is 14.9. The zero-order valence-corrected chi connectivity index (χ0v) is 15.7. The van der Waals surface area contributed by atoms with Crippen molar-refractivity contribution >= 4 is 22.4 Å². The molecule has 6 nitrogen and oxygen atoms in total. The maximum atomic E-state index is 11.5. The van der Waals surface area contributed by atoms with E-state index >= 15 is 0 Å². The van der Waals surface area contributed by atoms with E-state index in [9.17, 15) is 4.21 Å². The molecule has 7 heteroatoms. The van der Waals surface area contributed by atoms with Gasteiger partial charge < -0.3 is 20.5 Å². The quantitative estimate of drug-likeness (QED) is 0.635. The van der Waals surface area contributed by atoms with Gasteiger partial charge in [0.15, 0.2) is 17.5 Å². The van der Waals surface area contributed by atoms with Crippen LogP contribution in [0, 0.1) is 0 Å². The van der Waals surface area contributed by atoms with Crippen molar-refractivity contribution in [3.8, 4) is 11.5 Å². The number of nitrogens with one attached hydrogen (secondary N) is 1. The molecule has 1 aliphatic rings. The van der Waals surface area contributed by atoms with Gasteiger partial charge in [-0.15, -0.1) is 0 Å². The minimum Gasteiger partial charge on any atom is -0.490 e. The highest BCUT2D eigenvalue weighted by molar-refractivity contribution is 7.84. The first-order valence-electron chi connectivity index (χ1n) is 8.46. The van der Waals surface area contributed by atoms with E-state index in [1.807, 2.05) is 49.4 Å². The predicted molar refractivity (Wildman–Crippen MR) is 104 cm³/mol. The number of aliphatic imine (C=N–C) groups is 1. The van der Waals surface area contributed by atoms with Gasteiger partial charge in [-0.3, -0.25) is 4.21 Å². The van der Waals surface area contributed by atoms with Gasteiger partial charge >= 0.3 is 0 Å². The van der Waals surface area contributed by atoms with Gasteiger partial charge in [-0.1, -0.05) is 12.1 Å². The Balaban J connectivity index is 1.69. The normalized spacial score (nSPS) is 16.5. The van der Waals surface area contributed by atoms with E-state index in [0.29, 0.717) is 24.9 Å². The van der Waals surface area contributed by atoms with Crippen LogP contribution in [0.25, 0.3) is 0 Å². The van der Waals surface area contributed by atoms with Crippen LogP contribution in [0.3, 0.4) is 0 Å². The number of nitrogens with two attached hydrogens (primary N) is 1. The Kier molecular flexibility index (Phi) is 5.78. The Morgan fingerprint density at radius 2 is 1.85 bits per heavy atom. The average Bonchev–Trinajstić information content (AvgIpc) is 2.86. The summed E-state index contributed by atoms with van der Waals surface area (Å²) in [6.45, 7) is 3.25. The van der Waals surface area contributed by atoms with Crippen LogP contribution in [0.15, 0.2) is 52.4 Å². The summed E-state index contributed by atoms with van der Waals surface area (Å²) in [5.74, 6) is 1.76. The molecule has 3 N–H and O–H groups in total. The van der Waals surface area contributed by atoms with Crippen LogP contribution in [-0.2, 0) is 10.8 Å². The van der Waals surface area contributed by atoms with E-state index in [4.69, 9.17) is 15.2 Å². The molecule has 1 heterocycles. The second-order valence-electron chi connectivity index (χ2n) is 6.05. The number of hydrogen-bond donors (Lipinski definition) is 2. The van der Waals surface area contributed by atoms with Crippen LogP contribution in [0.2, 0.25) is 0 Å². The maximum absolute atomic E-state index is 11.5. The fraction of sp³-hybridized carbons (Fsp3) is 0.316. The second kappa shape index (κ2) is 8.23. The molecule has 2 unspecified atom stereocenters. The lowest BCUT2D eigenvalue weighted by Gasteiger charge is -2.13. The van der Waals surface area contributed by atoms with E-state index in [1.54, 1.807) is 6.26 Å². The highest BCUT2D eigenvalue weighted by atomic mass is 32.2. The molecule has 0 saturated carbocycles. The first kappa shape index (κ1) is 18.3. The van der Waals surface area contributed by atoms with Crippen molar-refractivity contribution in [1.82, 2.24) is 0 Å². The third-order valence-electron chi connectivity index (χ3n) is 4.05. The van der Waals surface area contributed by atoms with Crippen LogP contribution >= 0.6 is 0 Å². The highest BCUT2D eigenvalue weighted by Gasteiger charge is 2.11. The molecule has 0 aromatic heterocycles. The van der Waals surface area contributed by atoms with Crippen molar-refractivity contribution in [2.24, 2.45) is 10.7 Å². The van der Waals surface area contributed by atoms with Gasteiger partial charge in [-0.05, 0) is 36.8 Å². The second-order valence-corrected chi connectivity index (χ2v) is 7.43. The van der Waals surface area contributed by atoms with Gasteiger partial charge in [0.2, 0.25) is 0 Å². The Bertz CT molecular complexity index is 821. The van der Waals surface area contributed by atoms with Crippen LogP contribution in [0.1, 0.15) is 24.9 Å². The number of ether oxygens (including phenoxy) is 2. The fourth-order valence-electron chi connectivity index (χ4n) is 2.64. The number of guanidine groups is 1. The molecule has 2 atom stereocenters. The summed E-state index contributed by atoms with van der Waals surface area (Å²) >= 11 is 0. The van der Waals surface area contributed by atoms with Crippen LogP contribution < -0.4 is 20.5 Å². The standard InChI is InChI=1S/C19H23N3O3S/c1-13(14-4-7-16(8-5-14)26(2)23)21-19(20)22-15-6-9-17-18(12-15)25-11-3-10-24-17/h4-9,12-13H,3,10-11H2,1-2H3,(H3,20,21,22). The summed E-state index contributed by atoms with van der Waals surface area (Å²) in [4.78, 5) is 5.28. The number of anilines is 1. The number of fused-ring (bicyclic) bond motifs is 1. The molecule has 3 rings (SSSR count). The molecule has 0 radical (unpaired) electrons. The summed E-state index contributed by atoms with van der Waals surface area (Å²) in [6, 6.07) is 13.0. The monoisotopic (exact) mass is 373 g/mol. The number of nitrogens with zero attached hydrogens (tertiary/aromatic N) is 1. The Hall–Kier alpha value is -2.54. The minimum absolute atomic E-state index is 0.123. The number of rotatable bonds is 4. The van der Waals surface area contributed by atoms with Crippen LogP contribution in [-0.4, -0.2) is 29.6 Å². The molecule has 26 heavy (non-hydrogen) atoms. The van der Waals surface area contributed by atoms with E-state index in [-0.39, 0.29) is 6.04 Å². The van der Waals surface area contributed by atoms with Gasteiger partial charge in [-0.25, -0.2) is 4.99 Å². The minimum atomic E-state index is -0.985. The van der Waals surface area contributed by atoms with Gasteiger partial charge in [0.05, 0.1) is 19.3 Å². The first-order valence-corrected chi connectivity index (χ1v) is 10.0. The zero-order chi connectivity index (χ0) is 18.5. The van der Waals surface area contributed by atoms with Crippen molar-refractivity contribution in [2.45, 2.75) is 24.3 Å². The molecule has 0 saturated heterocycles. The largest absolute Gasteiger partial charge is 0.490 e. The summed E-state index contributed by atoms with van der Waals surface area (Å²) in [5.41, 5.74) is 7.84. The Morgan fingerprint density at radius 1 is 1.15 bits per heavy atom. The molecule has 0 spiro atoms. The topological polar surface area (TPSA) is 85.9 Å². The SMILES string of the molecule is CC(N=C(N)Nc1ccc2c(c1)OCCCO2)c1ccc(S(C)=O)cc1. The lowest BCUT2D eigenvalue weighted by molar-refractivity contribution is 0.297. The first-order chi connectivity index (χ1) is 12.5. The molecule has 0 aliphatic carbocycles. The van der Waals surface area contributed by atoms with Crippen molar-refractivity contribution < 1.29 is 13.7 Å². The highest BCUT2D eigenvalue weighted by Crippen LogP contribution is 2.32. The van der Waals surface area contributed by atoms with Crippen molar-refractivity contribution in [3.63, 3.8) is 0 Å². The Labute approximate surface area is 155 Å². The molecule has 0 fully saturated rings. The summed E-state index contributed by atoms with van der Waals surface area (Å²) in [7, 11) is -0.985. The lowest BCUT2D eigenvalue weighted by atomic mass is 10.1. The average molecular weight is 373 g/mol. The number of hydrogen-bond acceptors (Lipinski definition) is 4. The van der Waals surface area contributed by atoms with Crippen molar-refractivity contribution in [2.75, 3.05) is 24.8 Å². The maximum Gasteiger partial charge on any atom is 0.193 e. The molecular weight excluding hydrogens is 350 g/mol. The molecule has 0 bridgehead atoms. The molecule has 0 amide bonds.